The number of aliphatic carboxylic acids is 1. The van der Waals surface area contributed by atoms with Crippen LogP contribution in [0.15, 0.2) is 12.4 Å². The van der Waals surface area contributed by atoms with E-state index in [2.05, 4.69) is 22.2 Å². The third kappa shape index (κ3) is 2.47. The largest absolute Gasteiger partial charge is 0.481 e. The smallest absolute Gasteiger partial charge is 0.307 e. The Bertz CT molecular complexity index is 633. The molecule has 0 aromatic carbocycles. The number of carboxylic acids is 1. The molecule has 8 aliphatic carbocycles. The molecule has 0 radical (unpaired) electrons. The highest BCUT2D eigenvalue weighted by Crippen LogP contribution is 2.62. The molecule has 0 unspecified atom stereocenters. The van der Waals surface area contributed by atoms with Crippen LogP contribution in [0.4, 0.5) is 0 Å². The van der Waals surface area contributed by atoms with E-state index in [1.54, 1.807) is 0 Å². The van der Waals surface area contributed by atoms with Gasteiger partial charge in [0.15, 0.2) is 0 Å². The SMILES string of the molecule is O=C(O)CC1N(C23CC4CC(CC(C4)C2)C3)C=CN1C12CC3CC(CC(C3)C1)C2. The maximum absolute atomic E-state index is 12.0. The van der Waals surface area contributed by atoms with Gasteiger partial charge in [-0.15, -0.1) is 0 Å². The summed E-state index contributed by atoms with van der Waals surface area (Å²) < 4.78 is 0. The normalized spacial score (nSPS) is 54.0. The number of rotatable bonds is 4. The summed E-state index contributed by atoms with van der Waals surface area (Å²) in [6.07, 6.45) is 21.6. The van der Waals surface area contributed by atoms with Gasteiger partial charge in [-0.25, -0.2) is 0 Å². The number of nitrogens with zero attached hydrogens (tertiary/aromatic N) is 2. The van der Waals surface area contributed by atoms with Gasteiger partial charge in [0.05, 0.1) is 6.42 Å². The minimum absolute atomic E-state index is 0.0556. The van der Waals surface area contributed by atoms with Crippen molar-refractivity contribution in [2.75, 3.05) is 0 Å². The zero-order chi connectivity index (χ0) is 19.4. The van der Waals surface area contributed by atoms with E-state index in [1.807, 2.05) is 0 Å². The summed E-state index contributed by atoms with van der Waals surface area (Å²) in [5, 5.41) is 9.89. The first-order valence-electron chi connectivity index (χ1n) is 12.5. The summed E-state index contributed by atoms with van der Waals surface area (Å²) >= 11 is 0. The minimum atomic E-state index is -0.622. The fourth-order valence-corrected chi connectivity index (χ4v) is 10.5. The molecule has 0 aromatic heterocycles. The van der Waals surface area contributed by atoms with Crippen LogP contribution in [0.5, 0.6) is 0 Å². The van der Waals surface area contributed by atoms with Crippen LogP contribution in [0.3, 0.4) is 0 Å². The van der Waals surface area contributed by atoms with Gasteiger partial charge in [-0.1, -0.05) is 0 Å². The molecule has 0 atom stereocenters. The summed E-state index contributed by atoms with van der Waals surface area (Å²) in [6, 6.07) is 0. The first kappa shape index (κ1) is 17.5. The van der Waals surface area contributed by atoms with Crippen LogP contribution in [0.2, 0.25) is 0 Å². The molecule has 9 aliphatic rings. The van der Waals surface area contributed by atoms with Gasteiger partial charge >= 0.3 is 5.97 Å². The lowest BCUT2D eigenvalue weighted by atomic mass is 9.52. The summed E-state index contributed by atoms with van der Waals surface area (Å²) in [6.45, 7) is 0. The second-order valence-corrected chi connectivity index (χ2v) is 12.5. The highest BCUT2D eigenvalue weighted by Gasteiger charge is 2.59. The van der Waals surface area contributed by atoms with Gasteiger partial charge in [0.1, 0.15) is 6.17 Å². The molecular formula is C25H36N2O2. The molecule has 1 N–H and O–H groups in total. The second-order valence-electron chi connectivity index (χ2n) is 12.5. The molecule has 0 saturated heterocycles. The Balaban J connectivity index is 1.23. The van der Waals surface area contributed by atoms with Gasteiger partial charge < -0.3 is 14.9 Å². The zero-order valence-electron chi connectivity index (χ0n) is 17.6. The molecule has 29 heavy (non-hydrogen) atoms. The van der Waals surface area contributed by atoms with E-state index in [9.17, 15) is 9.90 Å². The molecule has 0 aromatic rings. The van der Waals surface area contributed by atoms with Gasteiger partial charge in [0, 0.05) is 23.5 Å². The molecular weight excluding hydrogens is 360 g/mol. The summed E-state index contributed by atoms with van der Waals surface area (Å²) in [5.74, 6) is 4.76. The van der Waals surface area contributed by atoms with Crippen LogP contribution < -0.4 is 0 Å². The summed E-state index contributed by atoms with van der Waals surface area (Å²) in [5.41, 5.74) is 0.505. The van der Waals surface area contributed by atoms with Gasteiger partial charge in [-0.05, 0) is 113 Å². The third-order valence-corrected chi connectivity index (χ3v) is 10.5. The Morgan fingerprint density at radius 1 is 0.690 bits per heavy atom. The van der Waals surface area contributed by atoms with E-state index < -0.39 is 5.97 Å². The molecule has 9 rings (SSSR count). The standard InChI is InChI=1S/C25H36N2O2/c28-23(29)9-22-26(24-10-16-3-17(11-24)5-18(4-16)12-24)1-2-27(22)25-13-19-6-20(14-25)8-21(7-19)15-25/h1-2,16-22H,3-15H2,(H,28,29). The van der Waals surface area contributed by atoms with Crippen molar-refractivity contribution in [3.63, 3.8) is 0 Å². The lowest BCUT2D eigenvalue weighted by Gasteiger charge is -2.64. The van der Waals surface area contributed by atoms with Gasteiger partial charge in [-0.3, -0.25) is 4.79 Å². The molecule has 0 amide bonds. The van der Waals surface area contributed by atoms with Crippen LogP contribution in [0.1, 0.15) is 83.5 Å². The van der Waals surface area contributed by atoms with E-state index >= 15 is 0 Å². The van der Waals surface area contributed by atoms with E-state index in [1.165, 1.54) is 77.0 Å². The Labute approximate surface area is 174 Å². The Morgan fingerprint density at radius 3 is 1.28 bits per heavy atom. The molecule has 4 heteroatoms. The maximum atomic E-state index is 12.0. The van der Waals surface area contributed by atoms with Crippen molar-refractivity contribution in [1.29, 1.82) is 0 Å². The topological polar surface area (TPSA) is 43.8 Å². The lowest BCUT2D eigenvalue weighted by molar-refractivity contribution is -0.152. The third-order valence-electron chi connectivity index (χ3n) is 10.5. The van der Waals surface area contributed by atoms with Crippen LogP contribution in [-0.2, 0) is 4.79 Å². The van der Waals surface area contributed by atoms with Crippen molar-refractivity contribution >= 4 is 5.97 Å². The van der Waals surface area contributed by atoms with Gasteiger partial charge in [0.2, 0.25) is 0 Å². The molecule has 8 fully saturated rings. The second kappa shape index (κ2) is 5.73. The number of carbonyl (C=O) groups is 1. The Hall–Kier alpha value is -1.19. The predicted octanol–water partition coefficient (Wildman–Crippen LogP) is 4.81. The molecule has 158 valence electrons. The Kier molecular flexibility index (Phi) is 3.46. The van der Waals surface area contributed by atoms with Gasteiger partial charge in [0.25, 0.3) is 0 Å². The lowest BCUT2D eigenvalue weighted by Crippen LogP contribution is -2.66. The number of hydrogen-bond donors (Lipinski definition) is 1. The monoisotopic (exact) mass is 396 g/mol. The van der Waals surface area contributed by atoms with E-state index in [-0.39, 0.29) is 23.7 Å². The first-order valence-corrected chi connectivity index (χ1v) is 12.5. The van der Waals surface area contributed by atoms with Crippen LogP contribution in [-0.4, -0.2) is 38.1 Å². The van der Waals surface area contributed by atoms with E-state index in [0.29, 0.717) is 0 Å². The van der Waals surface area contributed by atoms with Crippen LogP contribution in [0, 0.1) is 35.5 Å². The first-order chi connectivity index (χ1) is 14.0. The summed E-state index contributed by atoms with van der Waals surface area (Å²) in [7, 11) is 0. The van der Waals surface area contributed by atoms with Crippen LogP contribution in [0.25, 0.3) is 0 Å². The quantitative estimate of drug-likeness (QED) is 0.740. The van der Waals surface area contributed by atoms with Crippen molar-refractivity contribution < 1.29 is 9.90 Å². The highest BCUT2D eigenvalue weighted by molar-refractivity contribution is 5.67. The van der Waals surface area contributed by atoms with Crippen molar-refractivity contribution in [1.82, 2.24) is 9.80 Å². The van der Waals surface area contributed by atoms with Crippen LogP contribution >= 0.6 is 0 Å². The molecule has 8 saturated carbocycles. The maximum Gasteiger partial charge on any atom is 0.307 e. The molecule has 8 bridgehead atoms. The number of carboxylic acid groups (broad SMARTS) is 1. The Morgan fingerprint density at radius 2 is 1.00 bits per heavy atom. The van der Waals surface area contributed by atoms with E-state index in [4.69, 9.17) is 0 Å². The molecule has 0 spiro atoms. The minimum Gasteiger partial charge on any atom is -0.481 e. The van der Waals surface area contributed by atoms with Gasteiger partial charge in [-0.2, -0.15) is 0 Å². The fourth-order valence-electron chi connectivity index (χ4n) is 10.5. The van der Waals surface area contributed by atoms with Crippen molar-refractivity contribution in [3.05, 3.63) is 12.4 Å². The van der Waals surface area contributed by atoms with Crippen molar-refractivity contribution in [2.24, 2.45) is 35.5 Å². The fraction of sp³-hybridized carbons (Fsp3) is 0.880. The van der Waals surface area contributed by atoms with Crippen molar-refractivity contribution in [2.45, 2.75) is 101 Å². The average molecular weight is 397 g/mol. The zero-order valence-corrected chi connectivity index (χ0v) is 17.6. The van der Waals surface area contributed by atoms with Crippen molar-refractivity contribution in [3.8, 4) is 0 Å². The molecule has 4 nitrogen and oxygen atoms in total. The highest BCUT2D eigenvalue weighted by atomic mass is 16.4. The average Bonchev–Trinajstić information content (AvgIpc) is 3.04. The number of hydrogen-bond acceptors (Lipinski definition) is 3. The van der Waals surface area contributed by atoms with E-state index in [0.717, 1.165) is 35.5 Å². The predicted molar refractivity (Wildman–Crippen MR) is 111 cm³/mol. The molecule has 1 aliphatic heterocycles. The molecule has 1 heterocycles. The summed E-state index contributed by atoms with van der Waals surface area (Å²) in [4.78, 5) is 17.2.